The summed E-state index contributed by atoms with van der Waals surface area (Å²) in [7, 11) is -4.19. The molecule has 0 aliphatic carbocycles. The van der Waals surface area contributed by atoms with Gasteiger partial charge in [0.05, 0.1) is 27.6 Å². The third kappa shape index (κ3) is 8.37. The molecule has 4 aromatic rings. The number of nitrogens with zero attached hydrogens (tertiary/aromatic N) is 1. The number of aromatic hydroxyl groups is 4. The van der Waals surface area contributed by atoms with Gasteiger partial charge in [0.2, 0.25) is 21.7 Å². The van der Waals surface area contributed by atoms with Crippen molar-refractivity contribution in [1.82, 2.24) is 9.62 Å². The van der Waals surface area contributed by atoms with Crippen molar-refractivity contribution >= 4 is 45.2 Å². The van der Waals surface area contributed by atoms with Gasteiger partial charge >= 0.3 is 11.9 Å². The van der Waals surface area contributed by atoms with Crippen LogP contribution in [0, 0.1) is 0 Å². The first-order valence-electron chi connectivity index (χ1n) is 15.9. The number of ether oxygens (including phenoxy) is 1. The number of benzene rings is 4. The van der Waals surface area contributed by atoms with Crippen LogP contribution in [0.25, 0.3) is 0 Å². The maximum Gasteiger partial charge on any atom is 0.338 e. The maximum absolute atomic E-state index is 13.8. The van der Waals surface area contributed by atoms with Crippen molar-refractivity contribution in [2.24, 2.45) is 0 Å². The molecule has 2 amide bonds. The van der Waals surface area contributed by atoms with Gasteiger partial charge in [0.25, 0.3) is 5.91 Å². The normalized spacial score (nSPS) is 16.2. The molecule has 1 heterocycles. The Hall–Kier alpha value is -6.46. The summed E-state index contributed by atoms with van der Waals surface area (Å²) in [6, 6.07) is 14.3. The van der Waals surface area contributed by atoms with Crippen LogP contribution in [0.15, 0.2) is 83.8 Å². The molecule has 0 bridgehead atoms. The van der Waals surface area contributed by atoms with Crippen molar-refractivity contribution in [3.63, 3.8) is 0 Å². The fourth-order valence-electron chi connectivity index (χ4n) is 5.77. The maximum atomic E-state index is 13.8. The predicted molar refractivity (Wildman–Crippen MR) is 186 cm³/mol. The standard InChI is InChI=1S/C36H33N3O13S/c1-19(40)37-22-9-13-24(14-10-22)53(50,51)39-15-3-6-30(26(18-39)38-34(46)20-7-11-23(41)12-8-20)52-36(49)21-16-28(43)32(29(44)17-21)33(45)31-25(35(47)48)4-2-5-27(31)42/h2,4-5,7-14,16-17,26,30,41-44H,3,6,15,18H2,1H3,(H,37,40)(H,38,46)(H,47,48)/t26-,30-/m1/s1. The van der Waals surface area contributed by atoms with E-state index in [1.54, 1.807) is 0 Å². The summed E-state index contributed by atoms with van der Waals surface area (Å²) in [5, 5.41) is 56.1. The minimum Gasteiger partial charge on any atom is -0.508 e. The molecule has 0 radical (unpaired) electrons. The molecule has 0 aromatic heterocycles. The summed E-state index contributed by atoms with van der Waals surface area (Å²) in [6.07, 6.45) is -0.973. The van der Waals surface area contributed by atoms with Crippen LogP contribution in [0.5, 0.6) is 23.0 Å². The Labute approximate surface area is 301 Å². The van der Waals surface area contributed by atoms with Crippen molar-refractivity contribution in [1.29, 1.82) is 0 Å². The Morgan fingerprint density at radius 2 is 1.45 bits per heavy atom. The number of hydrogen-bond acceptors (Lipinski definition) is 12. The van der Waals surface area contributed by atoms with Crippen LogP contribution in [-0.2, 0) is 19.6 Å². The Kier molecular flexibility index (Phi) is 11.0. The number of rotatable bonds is 10. The van der Waals surface area contributed by atoms with E-state index in [4.69, 9.17) is 4.74 Å². The molecule has 53 heavy (non-hydrogen) atoms. The summed E-state index contributed by atoms with van der Waals surface area (Å²) in [5.74, 6) is -7.71. The van der Waals surface area contributed by atoms with Crippen LogP contribution >= 0.6 is 0 Å². The average molecular weight is 748 g/mol. The number of carboxylic acids is 1. The monoisotopic (exact) mass is 747 g/mol. The molecule has 1 fully saturated rings. The second-order valence-corrected chi connectivity index (χ2v) is 13.9. The summed E-state index contributed by atoms with van der Waals surface area (Å²) < 4.78 is 34.4. The summed E-state index contributed by atoms with van der Waals surface area (Å²) >= 11 is 0. The number of carbonyl (C=O) groups is 5. The SMILES string of the molecule is CC(=O)Nc1ccc(S(=O)(=O)N2CCC[C@@H](OC(=O)c3cc(O)c(C(=O)c4c(O)cccc4C(=O)O)c(O)c3)[C@H](NC(=O)c3ccc(O)cc3)C2)cc1. The molecule has 5 rings (SSSR count). The van der Waals surface area contributed by atoms with Gasteiger partial charge in [-0.3, -0.25) is 14.4 Å². The van der Waals surface area contributed by atoms with Gasteiger partial charge in [-0.05, 0) is 85.6 Å². The van der Waals surface area contributed by atoms with E-state index in [1.165, 1.54) is 61.5 Å². The number of phenols is 4. The molecule has 7 N–H and O–H groups in total. The molecule has 1 aliphatic rings. The molecule has 4 aromatic carbocycles. The van der Waals surface area contributed by atoms with Gasteiger partial charge in [-0.15, -0.1) is 0 Å². The van der Waals surface area contributed by atoms with Gasteiger partial charge in [0.15, 0.2) is 0 Å². The Morgan fingerprint density at radius 1 is 0.811 bits per heavy atom. The lowest BCUT2D eigenvalue weighted by molar-refractivity contribution is -0.114. The van der Waals surface area contributed by atoms with Crippen molar-refractivity contribution < 1.29 is 62.7 Å². The van der Waals surface area contributed by atoms with Crippen LogP contribution in [0.2, 0.25) is 0 Å². The fraction of sp³-hybridized carbons (Fsp3) is 0.194. The van der Waals surface area contributed by atoms with Crippen molar-refractivity contribution in [2.75, 3.05) is 18.4 Å². The highest BCUT2D eigenvalue weighted by atomic mass is 32.2. The number of carbonyl (C=O) groups excluding carboxylic acids is 4. The van der Waals surface area contributed by atoms with Gasteiger partial charge < -0.3 is 40.9 Å². The number of esters is 1. The summed E-state index contributed by atoms with van der Waals surface area (Å²) in [6.45, 7) is 0.891. The Balaban J connectivity index is 1.43. The minimum atomic E-state index is -4.19. The van der Waals surface area contributed by atoms with Crippen molar-refractivity contribution in [3.05, 3.63) is 107 Å². The molecule has 2 atom stereocenters. The van der Waals surface area contributed by atoms with Gasteiger partial charge in [0, 0.05) is 31.3 Å². The number of nitrogens with one attached hydrogen (secondary N) is 2. The van der Waals surface area contributed by atoms with Crippen molar-refractivity contribution in [3.8, 4) is 23.0 Å². The second kappa shape index (κ2) is 15.4. The second-order valence-electron chi connectivity index (χ2n) is 12.0. The van der Waals surface area contributed by atoms with E-state index in [0.29, 0.717) is 5.69 Å². The highest BCUT2D eigenvalue weighted by Gasteiger charge is 2.37. The first-order chi connectivity index (χ1) is 25.1. The molecule has 276 valence electrons. The number of carboxylic acid groups (broad SMARTS) is 1. The fourth-order valence-corrected chi connectivity index (χ4v) is 7.28. The van der Waals surface area contributed by atoms with Crippen LogP contribution in [-0.4, -0.2) is 93.0 Å². The zero-order valence-corrected chi connectivity index (χ0v) is 28.7. The van der Waals surface area contributed by atoms with Gasteiger partial charge in [-0.25, -0.2) is 18.0 Å². The average Bonchev–Trinajstić information content (AvgIpc) is 3.30. The minimum absolute atomic E-state index is 0.0412. The number of ketones is 1. The number of anilines is 1. The number of aromatic carboxylic acids is 1. The van der Waals surface area contributed by atoms with Gasteiger partial charge in [0.1, 0.15) is 34.7 Å². The van der Waals surface area contributed by atoms with E-state index in [0.717, 1.165) is 28.6 Å². The number of sulfonamides is 1. The summed E-state index contributed by atoms with van der Waals surface area (Å²) in [4.78, 5) is 63.0. The molecule has 0 spiro atoms. The van der Waals surface area contributed by atoms with E-state index >= 15 is 0 Å². The topological polar surface area (TPSA) is 257 Å². The van der Waals surface area contributed by atoms with E-state index in [-0.39, 0.29) is 48.0 Å². The molecule has 0 unspecified atom stereocenters. The first kappa shape index (κ1) is 37.8. The van der Waals surface area contributed by atoms with Crippen LogP contribution in [0.1, 0.15) is 66.8 Å². The van der Waals surface area contributed by atoms with Gasteiger partial charge in [-0.1, -0.05) is 6.07 Å². The smallest absolute Gasteiger partial charge is 0.338 e. The van der Waals surface area contributed by atoms with E-state index in [2.05, 4.69) is 10.6 Å². The largest absolute Gasteiger partial charge is 0.508 e. The molecular formula is C36H33N3O13S. The van der Waals surface area contributed by atoms with Crippen LogP contribution in [0.3, 0.4) is 0 Å². The summed E-state index contributed by atoms with van der Waals surface area (Å²) in [5.41, 5.74) is -2.10. The Bertz CT molecular complexity index is 2180. The lowest BCUT2D eigenvalue weighted by Crippen LogP contribution is -2.51. The quantitative estimate of drug-likeness (QED) is 0.0910. The number of hydrogen-bond donors (Lipinski definition) is 7. The van der Waals surface area contributed by atoms with E-state index in [9.17, 15) is 57.9 Å². The number of phenolic OH excluding ortho intramolecular Hbond substituents is 4. The zero-order chi connectivity index (χ0) is 38.6. The molecule has 0 saturated carbocycles. The lowest BCUT2D eigenvalue weighted by Gasteiger charge is -2.29. The highest BCUT2D eigenvalue weighted by molar-refractivity contribution is 7.89. The van der Waals surface area contributed by atoms with Crippen LogP contribution in [0.4, 0.5) is 5.69 Å². The third-order valence-corrected chi connectivity index (χ3v) is 10.2. The van der Waals surface area contributed by atoms with Crippen molar-refractivity contribution in [2.45, 2.75) is 36.8 Å². The highest BCUT2D eigenvalue weighted by Crippen LogP contribution is 2.35. The predicted octanol–water partition coefficient (Wildman–Crippen LogP) is 3.21. The number of amides is 2. The van der Waals surface area contributed by atoms with Gasteiger partial charge in [-0.2, -0.15) is 4.31 Å². The molecule has 1 aliphatic heterocycles. The molecule has 1 saturated heterocycles. The first-order valence-corrected chi connectivity index (χ1v) is 17.4. The zero-order valence-electron chi connectivity index (χ0n) is 27.8. The third-order valence-electron chi connectivity index (χ3n) is 8.32. The van der Waals surface area contributed by atoms with Crippen LogP contribution < -0.4 is 10.6 Å². The Morgan fingerprint density at radius 3 is 2.06 bits per heavy atom. The van der Waals surface area contributed by atoms with E-state index in [1.807, 2.05) is 0 Å². The molecule has 17 heteroatoms. The van der Waals surface area contributed by atoms with E-state index < -0.39 is 85.3 Å². The molecule has 16 nitrogen and oxygen atoms in total. The lowest BCUT2D eigenvalue weighted by atomic mass is 9.95. The molecular weight excluding hydrogens is 714 g/mol.